The molecule has 1 fully saturated rings. The summed E-state index contributed by atoms with van der Waals surface area (Å²) >= 11 is 6.10. The Kier molecular flexibility index (Phi) is 4.26. The number of aromatic amines is 1. The number of aromatic nitrogens is 3. The molecule has 1 saturated heterocycles. The molecule has 136 valence electrons. The van der Waals surface area contributed by atoms with E-state index in [0.717, 1.165) is 42.0 Å². The third kappa shape index (κ3) is 3.23. The molecular weight excluding hydrogens is 365 g/mol. The first kappa shape index (κ1) is 17.1. The van der Waals surface area contributed by atoms with Gasteiger partial charge in [-0.1, -0.05) is 23.7 Å². The highest BCUT2D eigenvalue weighted by Crippen LogP contribution is 2.36. The molecule has 26 heavy (non-hydrogen) atoms. The van der Waals surface area contributed by atoms with E-state index in [4.69, 9.17) is 11.6 Å². The van der Waals surface area contributed by atoms with Gasteiger partial charge in [0.25, 0.3) is 0 Å². The minimum atomic E-state index is -4.45. The van der Waals surface area contributed by atoms with Gasteiger partial charge in [-0.3, -0.25) is 0 Å². The summed E-state index contributed by atoms with van der Waals surface area (Å²) in [5.74, 6) is 1.43. The lowest BCUT2D eigenvalue weighted by atomic mass is 9.97. The molecule has 0 bridgehead atoms. The molecule has 0 saturated carbocycles. The van der Waals surface area contributed by atoms with Crippen molar-refractivity contribution in [2.45, 2.75) is 24.9 Å². The van der Waals surface area contributed by atoms with Crippen LogP contribution >= 0.6 is 11.6 Å². The van der Waals surface area contributed by atoms with Gasteiger partial charge in [0.05, 0.1) is 21.6 Å². The van der Waals surface area contributed by atoms with E-state index in [-0.39, 0.29) is 10.9 Å². The number of piperidine rings is 1. The zero-order chi connectivity index (χ0) is 18.3. The maximum Gasteiger partial charge on any atom is 0.417 e. The highest BCUT2D eigenvalue weighted by atomic mass is 35.5. The van der Waals surface area contributed by atoms with Crippen molar-refractivity contribution in [3.63, 3.8) is 0 Å². The van der Waals surface area contributed by atoms with Crippen LogP contribution in [0.3, 0.4) is 0 Å². The Hall–Kier alpha value is -2.28. The number of alkyl halides is 3. The Bertz CT molecular complexity index is 905. The maximum atomic E-state index is 12.8. The molecule has 4 nitrogen and oxygen atoms in total. The highest BCUT2D eigenvalue weighted by Gasteiger charge is 2.33. The fraction of sp³-hybridized carbons (Fsp3) is 0.333. The zero-order valence-corrected chi connectivity index (χ0v) is 14.5. The molecule has 1 aromatic carbocycles. The van der Waals surface area contributed by atoms with E-state index < -0.39 is 11.7 Å². The van der Waals surface area contributed by atoms with E-state index in [9.17, 15) is 13.2 Å². The van der Waals surface area contributed by atoms with Crippen LogP contribution in [0.4, 0.5) is 19.0 Å². The van der Waals surface area contributed by atoms with Gasteiger partial charge in [-0.05, 0) is 31.0 Å². The first-order chi connectivity index (χ1) is 12.4. The van der Waals surface area contributed by atoms with Crippen molar-refractivity contribution in [2.24, 2.45) is 0 Å². The largest absolute Gasteiger partial charge is 0.417 e. The summed E-state index contributed by atoms with van der Waals surface area (Å²) in [5.41, 5.74) is 1.05. The number of H-pyrrole nitrogens is 1. The van der Waals surface area contributed by atoms with Crippen LogP contribution < -0.4 is 4.90 Å². The number of halogens is 4. The van der Waals surface area contributed by atoms with E-state index in [1.54, 1.807) is 0 Å². The fourth-order valence-corrected chi connectivity index (χ4v) is 3.66. The molecule has 1 atom stereocenters. The van der Waals surface area contributed by atoms with Crippen LogP contribution in [0.1, 0.15) is 30.1 Å². The summed E-state index contributed by atoms with van der Waals surface area (Å²) in [7, 11) is 0. The molecule has 0 aliphatic carbocycles. The number of imidazole rings is 1. The molecule has 8 heteroatoms. The summed E-state index contributed by atoms with van der Waals surface area (Å²) in [6.07, 6.45) is -1.77. The lowest BCUT2D eigenvalue weighted by Gasteiger charge is -2.33. The molecule has 0 spiro atoms. The first-order valence-electron chi connectivity index (χ1n) is 8.34. The summed E-state index contributed by atoms with van der Waals surface area (Å²) in [4.78, 5) is 13.9. The predicted octanol–water partition coefficient (Wildman–Crippen LogP) is 5.01. The van der Waals surface area contributed by atoms with Gasteiger partial charge in [-0.25, -0.2) is 9.97 Å². The predicted molar refractivity (Wildman–Crippen MR) is 94.5 cm³/mol. The number of hydrogen-bond donors (Lipinski definition) is 1. The average molecular weight is 381 g/mol. The molecular formula is C18H16ClF3N4. The molecule has 0 unspecified atom stereocenters. The van der Waals surface area contributed by atoms with Crippen LogP contribution in [0.2, 0.25) is 5.02 Å². The minimum Gasteiger partial charge on any atom is -0.355 e. The number of anilines is 1. The van der Waals surface area contributed by atoms with Gasteiger partial charge in [0, 0.05) is 25.2 Å². The number of rotatable bonds is 2. The number of nitrogens with zero attached hydrogens (tertiary/aromatic N) is 3. The average Bonchev–Trinajstić information content (AvgIpc) is 3.05. The van der Waals surface area contributed by atoms with Gasteiger partial charge in [-0.2, -0.15) is 13.2 Å². The molecule has 3 heterocycles. The topological polar surface area (TPSA) is 44.8 Å². The first-order valence-corrected chi connectivity index (χ1v) is 8.72. The van der Waals surface area contributed by atoms with Gasteiger partial charge in [0.2, 0.25) is 0 Å². The second kappa shape index (κ2) is 6.46. The quantitative estimate of drug-likeness (QED) is 0.679. The van der Waals surface area contributed by atoms with Crippen molar-refractivity contribution in [1.29, 1.82) is 0 Å². The Morgan fingerprint density at radius 3 is 2.77 bits per heavy atom. The number of benzene rings is 1. The molecule has 3 aromatic rings. The molecule has 1 aliphatic rings. The zero-order valence-electron chi connectivity index (χ0n) is 13.7. The number of para-hydroxylation sites is 2. The SMILES string of the molecule is FC(F)(F)c1cnc(N2CCC[C@@H](c3nc4ccccc4[nH]3)C2)c(Cl)c1. The lowest BCUT2D eigenvalue weighted by Crippen LogP contribution is -2.35. The Morgan fingerprint density at radius 2 is 2.04 bits per heavy atom. The van der Waals surface area contributed by atoms with E-state index >= 15 is 0 Å². The summed E-state index contributed by atoms with van der Waals surface area (Å²) in [6, 6.07) is 8.75. The van der Waals surface area contributed by atoms with Gasteiger partial charge in [-0.15, -0.1) is 0 Å². The summed E-state index contributed by atoms with van der Waals surface area (Å²) < 4.78 is 38.4. The van der Waals surface area contributed by atoms with Crippen molar-refractivity contribution < 1.29 is 13.2 Å². The number of hydrogen-bond acceptors (Lipinski definition) is 3. The van der Waals surface area contributed by atoms with Crippen molar-refractivity contribution >= 4 is 28.5 Å². The van der Waals surface area contributed by atoms with Crippen LogP contribution in [-0.4, -0.2) is 28.0 Å². The third-order valence-electron chi connectivity index (χ3n) is 4.66. The summed E-state index contributed by atoms with van der Waals surface area (Å²) in [5, 5.41) is 0.0186. The van der Waals surface area contributed by atoms with Crippen LogP contribution in [0.25, 0.3) is 11.0 Å². The molecule has 1 N–H and O–H groups in total. The second-order valence-corrected chi connectivity index (χ2v) is 6.86. The van der Waals surface area contributed by atoms with E-state index in [2.05, 4.69) is 15.0 Å². The highest BCUT2D eigenvalue weighted by molar-refractivity contribution is 6.33. The van der Waals surface area contributed by atoms with Crippen molar-refractivity contribution in [3.05, 3.63) is 52.9 Å². The van der Waals surface area contributed by atoms with Crippen LogP contribution in [0, 0.1) is 0 Å². The van der Waals surface area contributed by atoms with Crippen LogP contribution in [-0.2, 0) is 6.18 Å². The fourth-order valence-electron chi connectivity index (χ4n) is 3.38. The maximum absolute atomic E-state index is 12.8. The smallest absolute Gasteiger partial charge is 0.355 e. The van der Waals surface area contributed by atoms with E-state index in [1.165, 1.54) is 0 Å². The van der Waals surface area contributed by atoms with Crippen LogP contribution in [0.15, 0.2) is 36.5 Å². The standard InChI is InChI=1S/C18H16ClF3N4/c19-13-8-12(18(20,21)22)9-23-17(13)26-7-3-4-11(10-26)16-24-14-5-1-2-6-15(14)25-16/h1-2,5-6,8-9,11H,3-4,7,10H2,(H,24,25)/t11-/m1/s1. The number of fused-ring (bicyclic) bond motifs is 1. The van der Waals surface area contributed by atoms with Gasteiger partial charge < -0.3 is 9.88 Å². The van der Waals surface area contributed by atoms with Crippen molar-refractivity contribution in [3.8, 4) is 0 Å². The lowest BCUT2D eigenvalue weighted by molar-refractivity contribution is -0.137. The molecule has 0 radical (unpaired) electrons. The van der Waals surface area contributed by atoms with E-state index in [0.29, 0.717) is 18.9 Å². The van der Waals surface area contributed by atoms with Crippen molar-refractivity contribution in [2.75, 3.05) is 18.0 Å². The Labute approximate surface area is 153 Å². The number of pyridine rings is 1. The van der Waals surface area contributed by atoms with Gasteiger partial charge in [0.15, 0.2) is 0 Å². The third-order valence-corrected chi connectivity index (χ3v) is 4.94. The minimum absolute atomic E-state index is 0.0186. The van der Waals surface area contributed by atoms with Crippen molar-refractivity contribution in [1.82, 2.24) is 15.0 Å². The molecule has 2 aromatic heterocycles. The molecule has 4 rings (SSSR count). The van der Waals surface area contributed by atoms with Gasteiger partial charge >= 0.3 is 6.18 Å². The van der Waals surface area contributed by atoms with Gasteiger partial charge in [0.1, 0.15) is 11.6 Å². The Morgan fingerprint density at radius 1 is 1.23 bits per heavy atom. The molecule has 0 amide bonds. The van der Waals surface area contributed by atoms with Crippen LogP contribution in [0.5, 0.6) is 0 Å². The summed E-state index contributed by atoms with van der Waals surface area (Å²) in [6.45, 7) is 1.31. The second-order valence-electron chi connectivity index (χ2n) is 6.45. The monoisotopic (exact) mass is 380 g/mol. The molecule has 1 aliphatic heterocycles. The Balaban J connectivity index is 1.58. The normalized spacial score (nSPS) is 18.5. The van der Waals surface area contributed by atoms with E-state index in [1.807, 2.05) is 29.2 Å². The number of nitrogens with one attached hydrogen (secondary N) is 1.